The highest BCUT2D eigenvalue weighted by Crippen LogP contribution is 2.34. The van der Waals surface area contributed by atoms with Crippen molar-refractivity contribution in [2.45, 2.75) is 38.3 Å². The minimum absolute atomic E-state index is 0.236. The smallest absolute Gasteiger partial charge is 0.419 e. The van der Waals surface area contributed by atoms with E-state index in [9.17, 15) is 15.0 Å². The monoisotopic (exact) mass is 286 g/mol. The fourth-order valence-corrected chi connectivity index (χ4v) is 2.21. The summed E-state index contributed by atoms with van der Waals surface area (Å²) in [5.41, 5.74) is 0.791. The van der Waals surface area contributed by atoms with E-state index >= 15 is 0 Å². The first-order valence-corrected chi connectivity index (χ1v) is 6.34. The van der Waals surface area contributed by atoms with E-state index in [0.29, 0.717) is 11.4 Å². The number of nitrogens with zero attached hydrogens (tertiary/aromatic N) is 2. The van der Waals surface area contributed by atoms with Crippen LogP contribution in [0, 0.1) is 6.92 Å². The van der Waals surface area contributed by atoms with Crippen LogP contribution in [0.5, 0.6) is 0 Å². The maximum Gasteiger partial charge on any atom is 0.419 e. The number of imidazole rings is 1. The molecule has 1 aromatic rings. The summed E-state index contributed by atoms with van der Waals surface area (Å²) >= 11 is 0. The van der Waals surface area contributed by atoms with Gasteiger partial charge in [0.05, 0.1) is 24.6 Å². The van der Waals surface area contributed by atoms with Gasteiger partial charge in [-0.15, -0.1) is 0 Å². The number of aromatic nitrogens is 2. The van der Waals surface area contributed by atoms with Crippen molar-refractivity contribution < 1.29 is 29.6 Å². The number of ether oxygens (including phenoxy) is 2. The van der Waals surface area contributed by atoms with Gasteiger partial charge in [0.1, 0.15) is 30.7 Å². The van der Waals surface area contributed by atoms with Crippen LogP contribution in [0.3, 0.4) is 0 Å². The van der Waals surface area contributed by atoms with Gasteiger partial charge in [0, 0.05) is 0 Å². The second-order valence-corrected chi connectivity index (χ2v) is 4.54. The normalized spacial score (nSPS) is 29.6. The molecule has 0 saturated carbocycles. The summed E-state index contributed by atoms with van der Waals surface area (Å²) < 4.78 is 11.4. The summed E-state index contributed by atoms with van der Waals surface area (Å²) in [5.74, 6) is 0. The Morgan fingerprint density at radius 3 is 2.75 bits per heavy atom. The van der Waals surface area contributed by atoms with Gasteiger partial charge in [-0.2, -0.15) is 0 Å². The molecule has 1 saturated heterocycles. The van der Waals surface area contributed by atoms with E-state index < -0.39 is 37.1 Å². The third-order valence-corrected chi connectivity index (χ3v) is 3.32. The topological polar surface area (TPSA) is 114 Å². The molecule has 20 heavy (non-hydrogen) atoms. The Kier molecular flexibility index (Phi) is 4.39. The standard InChI is InChI=1S/C12H18N2O6/c1-3-19-12(18)14-5-13-8(6(14)2)11-10(17)9(16)7(4-15)20-11/h5,7,9-11,15-17H,3-4H2,1-2H3/t7-,9-,10-,11+/m1/s1. The van der Waals surface area contributed by atoms with Crippen molar-refractivity contribution in [3.05, 3.63) is 17.7 Å². The predicted molar refractivity (Wildman–Crippen MR) is 66.1 cm³/mol. The zero-order valence-corrected chi connectivity index (χ0v) is 11.3. The van der Waals surface area contributed by atoms with Crippen LogP contribution in [0.15, 0.2) is 6.33 Å². The molecular formula is C12H18N2O6. The molecule has 2 heterocycles. The van der Waals surface area contributed by atoms with E-state index in [4.69, 9.17) is 14.6 Å². The second-order valence-electron chi connectivity index (χ2n) is 4.54. The molecule has 0 amide bonds. The largest absolute Gasteiger partial charge is 0.449 e. The van der Waals surface area contributed by atoms with Crippen LogP contribution < -0.4 is 0 Å². The van der Waals surface area contributed by atoms with Gasteiger partial charge in [-0.25, -0.2) is 14.3 Å². The lowest BCUT2D eigenvalue weighted by atomic mass is 10.1. The Bertz CT molecular complexity index is 488. The van der Waals surface area contributed by atoms with Crippen molar-refractivity contribution in [3.8, 4) is 0 Å². The van der Waals surface area contributed by atoms with Crippen LogP contribution in [-0.4, -0.2) is 62.5 Å². The Hall–Kier alpha value is -1.48. The summed E-state index contributed by atoms with van der Waals surface area (Å²) in [6.45, 7) is 3.15. The fourth-order valence-electron chi connectivity index (χ4n) is 2.21. The minimum atomic E-state index is -1.21. The lowest BCUT2D eigenvalue weighted by Gasteiger charge is -2.13. The number of carbonyl (C=O) groups excluding carboxylic acids is 1. The minimum Gasteiger partial charge on any atom is -0.449 e. The third kappa shape index (κ3) is 2.42. The summed E-state index contributed by atoms with van der Waals surface area (Å²) in [7, 11) is 0. The Labute approximate surface area is 115 Å². The Morgan fingerprint density at radius 2 is 2.20 bits per heavy atom. The Morgan fingerprint density at radius 1 is 1.50 bits per heavy atom. The molecule has 1 aliphatic heterocycles. The molecule has 0 aliphatic carbocycles. The van der Waals surface area contributed by atoms with Crippen LogP contribution in [-0.2, 0) is 9.47 Å². The van der Waals surface area contributed by atoms with Crippen LogP contribution in [0.4, 0.5) is 4.79 Å². The third-order valence-electron chi connectivity index (χ3n) is 3.32. The van der Waals surface area contributed by atoms with Crippen LogP contribution in [0.1, 0.15) is 24.4 Å². The second kappa shape index (κ2) is 5.88. The first kappa shape index (κ1) is 14.9. The first-order chi connectivity index (χ1) is 9.51. The molecule has 1 aliphatic rings. The summed E-state index contributed by atoms with van der Waals surface area (Å²) in [6, 6.07) is 0. The van der Waals surface area contributed by atoms with Crippen molar-refractivity contribution in [1.29, 1.82) is 0 Å². The van der Waals surface area contributed by atoms with Crippen LogP contribution >= 0.6 is 0 Å². The summed E-state index contributed by atoms with van der Waals surface area (Å²) in [6.07, 6.45) is -3.47. The predicted octanol–water partition coefficient (Wildman–Crippen LogP) is -0.650. The van der Waals surface area contributed by atoms with Gasteiger partial charge in [-0.1, -0.05) is 0 Å². The molecule has 4 atom stereocenters. The highest BCUT2D eigenvalue weighted by molar-refractivity contribution is 5.71. The highest BCUT2D eigenvalue weighted by Gasteiger charge is 2.44. The SMILES string of the molecule is CCOC(=O)n1cnc([C@@H]2O[C@H](CO)[C@@H](O)[C@H]2O)c1C. The van der Waals surface area contributed by atoms with Crippen molar-refractivity contribution >= 4 is 6.09 Å². The highest BCUT2D eigenvalue weighted by atomic mass is 16.6. The molecular weight excluding hydrogens is 268 g/mol. The Balaban J connectivity index is 2.24. The number of aliphatic hydroxyl groups excluding tert-OH is 3. The van der Waals surface area contributed by atoms with Crippen molar-refractivity contribution in [3.63, 3.8) is 0 Å². The lowest BCUT2D eigenvalue weighted by Crippen LogP contribution is -2.32. The van der Waals surface area contributed by atoms with E-state index in [1.165, 1.54) is 10.9 Å². The number of rotatable bonds is 3. The van der Waals surface area contributed by atoms with E-state index in [2.05, 4.69) is 4.98 Å². The summed E-state index contributed by atoms with van der Waals surface area (Å²) in [4.78, 5) is 15.7. The van der Waals surface area contributed by atoms with Gasteiger partial charge < -0.3 is 24.8 Å². The van der Waals surface area contributed by atoms with E-state index in [0.717, 1.165) is 0 Å². The molecule has 0 spiro atoms. The van der Waals surface area contributed by atoms with Crippen molar-refractivity contribution in [2.75, 3.05) is 13.2 Å². The van der Waals surface area contributed by atoms with Gasteiger partial charge in [-0.3, -0.25) is 0 Å². The molecule has 8 nitrogen and oxygen atoms in total. The molecule has 112 valence electrons. The average Bonchev–Trinajstić information content (AvgIpc) is 2.93. The molecule has 0 bridgehead atoms. The number of hydrogen-bond donors (Lipinski definition) is 3. The number of hydrogen-bond acceptors (Lipinski definition) is 7. The van der Waals surface area contributed by atoms with Crippen molar-refractivity contribution in [1.82, 2.24) is 9.55 Å². The molecule has 8 heteroatoms. The van der Waals surface area contributed by atoms with Crippen LogP contribution in [0.25, 0.3) is 0 Å². The van der Waals surface area contributed by atoms with Gasteiger partial charge in [0.25, 0.3) is 0 Å². The fraction of sp³-hybridized carbons (Fsp3) is 0.667. The first-order valence-electron chi connectivity index (χ1n) is 6.34. The summed E-state index contributed by atoms with van der Waals surface area (Å²) in [5, 5.41) is 28.7. The maximum absolute atomic E-state index is 11.7. The van der Waals surface area contributed by atoms with Gasteiger partial charge in [0.15, 0.2) is 0 Å². The molecule has 3 N–H and O–H groups in total. The molecule has 0 radical (unpaired) electrons. The van der Waals surface area contributed by atoms with E-state index in [-0.39, 0.29) is 6.61 Å². The van der Waals surface area contributed by atoms with Gasteiger partial charge in [0.2, 0.25) is 0 Å². The quantitative estimate of drug-likeness (QED) is 0.676. The van der Waals surface area contributed by atoms with Gasteiger partial charge in [-0.05, 0) is 13.8 Å². The van der Waals surface area contributed by atoms with Crippen LogP contribution in [0.2, 0.25) is 0 Å². The molecule has 0 unspecified atom stereocenters. The van der Waals surface area contributed by atoms with E-state index in [1.807, 2.05) is 0 Å². The number of aliphatic hydroxyl groups is 3. The molecule has 2 rings (SSSR count). The zero-order valence-electron chi connectivity index (χ0n) is 11.3. The van der Waals surface area contributed by atoms with Crippen molar-refractivity contribution in [2.24, 2.45) is 0 Å². The molecule has 1 aromatic heterocycles. The maximum atomic E-state index is 11.7. The van der Waals surface area contributed by atoms with Gasteiger partial charge >= 0.3 is 6.09 Å². The van der Waals surface area contributed by atoms with E-state index in [1.54, 1.807) is 13.8 Å². The average molecular weight is 286 g/mol. The zero-order chi connectivity index (χ0) is 14.9. The molecule has 1 fully saturated rings. The lowest BCUT2D eigenvalue weighted by molar-refractivity contribution is -0.0240. The number of carbonyl (C=O) groups is 1. The molecule has 0 aromatic carbocycles.